The van der Waals surface area contributed by atoms with Crippen molar-refractivity contribution >= 4 is 11.6 Å². The molecule has 4 nitrogen and oxygen atoms in total. The Morgan fingerprint density at radius 3 is 2.63 bits per heavy atom. The number of nitrogens with zero attached hydrogens (tertiary/aromatic N) is 1. The van der Waals surface area contributed by atoms with E-state index in [4.69, 9.17) is 26.8 Å². The first-order valence-corrected chi connectivity index (χ1v) is 6.80. The van der Waals surface area contributed by atoms with Gasteiger partial charge in [-0.2, -0.15) is 0 Å². The lowest BCUT2D eigenvalue weighted by molar-refractivity contribution is 0.311. The summed E-state index contributed by atoms with van der Waals surface area (Å²) in [6.07, 6.45) is 1.03. The van der Waals surface area contributed by atoms with Gasteiger partial charge in [-0.05, 0) is 37.6 Å². The summed E-state index contributed by atoms with van der Waals surface area (Å²) in [4.78, 5) is 2.30. The van der Waals surface area contributed by atoms with Crippen LogP contribution < -0.4 is 15.2 Å². The van der Waals surface area contributed by atoms with Gasteiger partial charge in [-0.25, -0.2) is 0 Å². The highest BCUT2D eigenvalue weighted by molar-refractivity contribution is 6.33. The van der Waals surface area contributed by atoms with Crippen LogP contribution in [0, 0.1) is 5.92 Å². The Hall–Kier alpha value is -0.970. The minimum absolute atomic E-state index is 0.292. The van der Waals surface area contributed by atoms with E-state index < -0.39 is 0 Å². The topological polar surface area (TPSA) is 47.7 Å². The van der Waals surface area contributed by atoms with E-state index >= 15 is 0 Å². The summed E-state index contributed by atoms with van der Waals surface area (Å²) in [5.41, 5.74) is 6.85. The molecule has 0 radical (unpaired) electrons. The number of methoxy groups -OCH3 is 2. The first-order valence-electron chi connectivity index (χ1n) is 6.43. The molecule has 2 atom stereocenters. The van der Waals surface area contributed by atoms with Gasteiger partial charge in [-0.1, -0.05) is 17.7 Å². The Morgan fingerprint density at radius 2 is 2.11 bits per heavy atom. The van der Waals surface area contributed by atoms with Gasteiger partial charge in [-0.3, -0.25) is 4.90 Å². The molecule has 1 aromatic rings. The monoisotopic (exact) mass is 284 g/mol. The molecule has 1 saturated heterocycles. The Bertz CT molecular complexity index is 453. The second-order valence-corrected chi connectivity index (χ2v) is 5.38. The molecule has 1 aromatic carbocycles. The maximum Gasteiger partial charge on any atom is 0.179 e. The Kier molecular flexibility index (Phi) is 4.55. The fourth-order valence-electron chi connectivity index (χ4n) is 2.80. The highest BCUT2D eigenvalue weighted by atomic mass is 35.5. The second-order valence-electron chi connectivity index (χ2n) is 5.00. The number of hydrogen-bond donors (Lipinski definition) is 1. The summed E-state index contributed by atoms with van der Waals surface area (Å²) in [6, 6.07) is 4.22. The fraction of sp³-hybridized carbons (Fsp3) is 0.571. The van der Waals surface area contributed by atoms with E-state index in [1.54, 1.807) is 14.2 Å². The van der Waals surface area contributed by atoms with Gasteiger partial charge in [0.15, 0.2) is 11.5 Å². The van der Waals surface area contributed by atoms with Gasteiger partial charge < -0.3 is 15.2 Å². The van der Waals surface area contributed by atoms with Crippen LogP contribution in [0.3, 0.4) is 0 Å². The lowest BCUT2D eigenvalue weighted by Crippen LogP contribution is -2.20. The molecule has 0 bridgehead atoms. The average molecular weight is 285 g/mol. The molecule has 2 N–H and O–H groups in total. The van der Waals surface area contributed by atoms with Gasteiger partial charge in [0.25, 0.3) is 0 Å². The zero-order chi connectivity index (χ0) is 14.0. The van der Waals surface area contributed by atoms with Crippen molar-refractivity contribution in [2.45, 2.75) is 12.5 Å². The number of ether oxygens (including phenoxy) is 2. The smallest absolute Gasteiger partial charge is 0.179 e. The van der Waals surface area contributed by atoms with E-state index in [0.717, 1.165) is 18.5 Å². The first-order chi connectivity index (χ1) is 9.12. The Balaban J connectivity index is 2.35. The maximum absolute atomic E-state index is 6.47. The van der Waals surface area contributed by atoms with E-state index in [1.165, 1.54) is 0 Å². The third-order valence-corrected chi connectivity index (χ3v) is 4.23. The fourth-order valence-corrected chi connectivity index (χ4v) is 3.16. The van der Waals surface area contributed by atoms with Crippen LogP contribution >= 0.6 is 11.6 Å². The molecule has 19 heavy (non-hydrogen) atoms. The third kappa shape index (κ3) is 2.66. The summed E-state index contributed by atoms with van der Waals surface area (Å²) in [5, 5.41) is 0.636. The van der Waals surface area contributed by atoms with Crippen molar-refractivity contribution in [3.63, 3.8) is 0 Å². The van der Waals surface area contributed by atoms with Crippen molar-refractivity contribution in [3.05, 3.63) is 22.7 Å². The van der Waals surface area contributed by atoms with Crippen LogP contribution in [0.4, 0.5) is 0 Å². The third-order valence-electron chi connectivity index (χ3n) is 3.84. The molecular formula is C14H21ClN2O2. The van der Waals surface area contributed by atoms with Crippen molar-refractivity contribution in [1.82, 2.24) is 4.90 Å². The van der Waals surface area contributed by atoms with E-state index in [1.807, 2.05) is 12.1 Å². The number of rotatable bonds is 4. The van der Waals surface area contributed by atoms with Crippen LogP contribution in [-0.4, -0.2) is 39.3 Å². The average Bonchev–Trinajstić information content (AvgIpc) is 2.79. The summed E-state index contributed by atoms with van der Waals surface area (Å²) in [5.74, 6) is 1.79. The zero-order valence-electron chi connectivity index (χ0n) is 11.6. The number of nitrogens with two attached hydrogens (primary N) is 1. The molecule has 0 aliphatic carbocycles. The molecule has 1 heterocycles. The second kappa shape index (κ2) is 5.99. The summed E-state index contributed by atoms with van der Waals surface area (Å²) < 4.78 is 10.6. The molecule has 0 aromatic heterocycles. The van der Waals surface area contributed by atoms with Gasteiger partial charge in [0.05, 0.1) is 19.2 Å². The normalized spacial score (nSPS) is 23.6. The van der Waals surface area contributed by atoms with Gasteiger partial charge in [0, 0.05) is 12.6 Å². The molecule has 2 rings (SSSR count). The van der Waals surface area contributed by atoms with Crippen molar-refractivity contribution in [2.24, 2.45) is 11.7 Å². The summed E-state index contributed by atoms with van der Waals surface area (Å²) in [7, 11) is 5.32. The van der Waals surface area contributed by atoms with Crippen molar-refractivity contribution in [1.29, 1.82) is 0 Å². The molecule has 1 fully saturated rings. The van der Waals surface area contributed by atoms with Gasteiger partial charge in [0.1, 0.15) is 0 Å². The van der Waals surface area contributed by atoms with Crippen LogP contribution in [0.25, 0.3) is 0 Å². The van der Waals surface area contributed by atoms with Gasteiger partial charge >= 0.3 is 0 Å². The van der Waals surface area contributed by atoms with Gasteiger partial charge in [-0.15, -0.1) is 0 Å². The Morgan fingerprint density at radius 1 is 1.37 bits per heavy atom. The predicted molar refractivity (Wildman–Crippen MR) is 77.1 cm³/mol. The van der Waals surface area contributed by atoms with Crippen molar-refractivity contribution < 1.29 is 9.47 Å². The number of halogens is 1. The van der Waals surface area contributed by atoms with E-state index in [9.17, 15) is 0 Å². The number of benzene rings is 1. The van der Waals surface area contributed by atoms with Crippen LogP contribution in [-0.2, 0) is 0 Å². The zero-order valence-corrected chi connectivity index (χ0v) is 12.4. The predicted octanol–water partition coefficient (Wildman–Crippen LogP) is 2.31. The lowest BCUT2D eigenvalue weighted by atomic mass is 9.99. The highest BCUT2D eigenvalue weighted by Gasteiger charge is 2.32. The molecule has 5 heteroatoms. The lowest BCUT2D eigenvalue weighted by Gasteiger charge is -2.22. The number of hydrogen-bond acceptors (Lipinski definition) is 4. The minimum atomic E-state index is 0.292. The summed E-state index contributed by atoms with van der Waals surface area (Å²) >= 11 is 6.47. The maximum atomic E-state index is 6.47. The van der Waals surface area contributed by atoms with Crippen LogP contribution in [0.5, 0.6) is 11.5 Å². The molecule has 0 spiro atoms. The van der Waals surface area contributed by atoms with Crippen LogP contribution in [0.15, 0.2) is 12.1 Å². The standard InChI is InChI=1S/C14H21ClN2O2/c1-17-8-9(7-16)6-11(17)10-4-5-12(18-2)14(19-3)13(10)15/h4-5,9,11H,6-8,16H2,1-3H3. The highest BCUT2D eigenvalue weighted by Crippen LogP contribution is 2.44. The van der Waals surface area contributed by atoms with Crippen molar-refractivity contribution in [2.75, 3.05) is 34.4 Å². The quantitative estimate of drug-likeness (QED) is 0.922. The van der Waals surface area contributed by atoms with Crippen LogP contribution in [0.2, 0.25) is 5.02 Å². The molecular weight excluding hydrogens is 264 g/mol. The largest absolute Gasteiger partial charge is 0.493 e. The molecule has 106 valence electrons. The van der Waals surface area contributed by atoms with Gasteiger partial charge in [0.2, 0.25) is 0 Å². The van der Waals surface area contributed by atoms with E-state index in [-0.39, 0.29) is 0 Å². The Labute approximate surface area is 119 Å². The molecule has 0 saturated carbocycles. The first kappa shape index (κ1) is 14.4. The summed E-state index contributed by atoms with van der Waals surface area (Å²) in [6.45, 7) is 1.72. The SMILES string of the molecule is COc1ccc(C2CC(CN)CN2C)c(Cl)c1OC. The number of likely N-dealkylation sites (tertiary alicyclic amines) is 1. The van der Waals surface area contributed by atoms with Crippen molar-refractivity contribution in [3.8, 4) is 11.5 Å². The van der Waals surface area contributed by atoms with E-state index in [0.29, 0.717) is 35.0 Å². The molecule has 0 amide bonds. The van der Waals surface area contributed by atoms with E-state index in [2.05, 4.69) is 11.9 Å². The molecule has 2 unspecified atom stereocenters. The van der Waals surface area contributed by atoms with Crippen LogP contribution in [0.1, 0.15) is 18.0 Å². The minimum Gasteiger partial charge on any atom is -0.493 e. The molecule has 1 aliphatic heterocycles. The molecule has 1 aliphatic rings.